The summed E-state index contributed by atoms with van der Waals surface area (Å²) in [5.74, 6) is 1.48. The van der Waals surface area contributed by atoms with Crippen LogP contribution in [0, 0.1) is 5.82 Å². The van der Waals surface area contributed by atoms with Gasteiger partial charge in [0, 0.05) is 6.54 Å². The lowest BCUT2D eigenvalue weighted by Gasteiger charge is -2.28. The molecule has 2 heterocycles. The lowest BCUT2D eigenvalue weighted by Crippen LogP contribution is -2.36. The predicted molar refractivity (Wildman–Crippen MR) is 118 cm³/mol. The molecule has 7 heteroatoms. The lowest BCUT2D eigenvalue weighted by molar-refractivity contribution is 0.0906. The van der Waals surface area contributed by atoms with E-state index in [4.69, 9.17) is 13.9 Å². The smallest absolute Gasteiger partial charge is 0.287 e. The van der Waals surface area contributed by atoms with Gasteiger partial charge in [-0.25, -0.2) is 4.39 Å². The van der Waals surface area contributed by atoms with Gasteiger partial charge >= 0.3 is 0 Å². The van der Waals surface area contributed by atoms with E-state index in [0.29, 0.717) is 18.1 Å². The van der Waals surface area contributed by atoms with Gasteiger partial charge in [0.1, 0.15) is 29.7 Å². The van der Waals surface area contributed by atoms with Crippen molar-refractivity contribution >= 4 is 5.91 Å². The van der Waals surface area contributed by atoms with Crippen LogP contribution in [-0.2, 0) is 6.61 Å². The molecule has 1 aliphatic rings. The van der Waals surface area contributed by atoms with Crippen molar-refractivity contribution in [2.24, 2.45) is 0 Å². The standard InChI is InChI=1S/C25H27FN2O4/c1-30-21-6-4-5-18(15-21)23(28-13-2-3-14-28)16-27-25(29)24-12-11-22(32-24)17-31-20-9-7-19(26)8-10-20/h4-12,15,23H,2-3,13-14,16-17H2,1H3,(H,27,29). The fraction of sp³-hybridized carbons (Fsp3) is 0.320. The van der Waals surface area contributed by atoms with Gasteiger partial charge in [0.25, 0.3) is 5.91 Å². The SMILES string of the molecule is COc1cccc(C(CNC(=O)c2ccc(COc3ccc(F)cc3)o2)N2CCCC2)c1. The summed E-state index contributed by atoms with van der Waals surface area (Å²) in [5, 5.41) is 3.01. The normalized spacial score (nSPS) is 14.8. The van der Waals surface area contributed by atoms with Crippen molar-refractivity contribution in [1.82, 2.24) is 10.2 Å². The topological polar surface area (TPSA) is 63.9 Å². The van der Waals surface area contributed by atoms with Crippen molar-refractivity contribution in [2.75, 3.05) is 26.7 Å². The lowest BCUT2D eigenvalue weighted by atomic mass is 10.0. The molecule has 1 aliphatic heterocycles. The van der Waals surface area contributed by atoms with E-state index < -0.39 is 0 Å². The maximum Gasteiger partial charge on any atom is 0.287 e. The third-order valence-corrected chi connectivity index (χ3v) is 5.60. The van der Waals surface area contributed by atoms with Crippen LogP contribution in [0.25, 0.3) is 0 Å². The highest BCUT2D eigenvalue weighted by Gasteiger charge is 2.25. The van der Waals surface area contributed by atoms with E-state index in [2.05, 4.69) is 16.3 Å². The highest BCUT2D eigenvalue weighted by atomic mass is 19.1. The average molecular weight is 438 g/mol. The average Bonchev–Trinajstić information content (AvgIpc) is 3.52. The Morgan fingerprint density at radius 1 is 1.09 bits per heavy atom. The Hall–Kier alpha value is -3.32. The number of rotatable bonds is 9. The van der Waals surface area contributed by atoms with Gasteiger partial charge in [-0.1, -0.05) is 12.1 Å². The highest BCUT2D eigenvalue weighted by Crippen LogP contribution is 2.27. The van der Waals surface area contributed by atoms with E-state index in [1.165, 1.54) is 12.1 Å². The Morgan fingerprint density at radius 2 is 1.88 bits per heavy atom. The van der Waals surface area contributed by atoms with Crippen LogP contribution < -0.4 is 14.8 Å². The van der Waals surface area contributed by atoms with Gasteiger partial charge in [0.2, 0.25) is 0 Å². The first kappa shape index (κ1) is 21.9. The summed E-state index contributed by atoms with van der Waals surface area (Å²) in [6.45, 7) is 2.62. The van der Waals surface area contributed by atoms with Crippen molar-refractivity contribution in [3.63, 3.8) is 0 Å². The Morgan fingerprint density at radius 3 is 2.62 bits per heavy atom. The number of halogens is 1. The highest BCUT2D eigenvalue weighted by molar-refractivity contribution is 5.91. The molecular weight excluding hydrogens is 411 g/mol. The van der Waals surface area contributed by atoms with Crippen LogP contribution in [0.5, 0.6) is 11.5 Å². The molecule has 0 bridgehead atoms. The molecule has 1 saturated heterocycles. The van der Waals surface area contributed by atoms with Crippen LogP contribution in [0.1, 0.15) is 40.8 Å². The van der Waals surface area contributed by atoms with Crippen LogP contribution in [0.3, 0.4) is 0 Å². The van der Waals surface area contributed by atoms with Crippen LogP contribution in [0.15, 0.2) is 65.1 Å². The number of hydrogen-bond donors (Lipinski definition) is 1. The molecule has 1 N–H and O–H groups in total. The maximum atomic E-state index is 13.0. The molecule has 0 saturated carbocycles. The van der Waals surface area contributed by atoms with Crippen LogP contribution in [0.4, 0.5) is 4.39 Å². The Bertz CT molecular complexity index is 1030. The third kappa shape index (κ3) is 5.48. The molecule has 0 spiro atoms. The number of furan rings is 1. The zero-order valence-corrected chi connectivity index (χ0v) is 18.1. The molecule has 1 amide bonds. The Kier molecular flexibility index (Phi) is 7.07. The zero-order chi connectivity index (χ0) is 22.3. The van der Waals surface area contributed by atoms with Gasteiger partial charge in [-0.05, 0) is 80.0 Å². The summed E-state index contributed by atoms with van der Waals surface area (Å²) in [7, 11) is 1.65. The summed E-state index contributed by atoms with van der Waals surface area (Å²) in [6, 6.07) is 17.1. The number of methoxy groups -OCH3 is 1. The summed E-state index contributed by atoms with van der Waals surface area (Å²) in [6.07, 6.45) is 2.31. The zero-order valence-electron chi connectivity index (χ0n) is 18.1. The number of carbonyl (C=O) groups is 1. The number of carbonyl (C=O) groups excluding carboxylic acids is 1. The largest absolute Gasteiger partial charge is 0.497 e. The number of nitrogens with one attached hydrogen (secondary N) is 1. The first-order chi connectivity index (χ1) is 15.6. The monoisotopic (exact) mass is 438 g/mol. The second-order valence-electron chi connectivity index (χ2n) is 7.75. The summed E-state index contributed by atoms with van der Waals surface area (Å²) in [4.78, 5) is 15.1. The molecule has 3 aromatic rings. The molecule has 1 unspecified atom stereocenters. The predicted octanol–water partition coefficient (Wildman–Crippen LogP) is 4.57. The summed E-state index contributed by atoms with van der Waals surface area (Å²) >= 11 is 0. The maximum absolute atomic E-state index is 13.0. The van der Waals surface area contributed by atoms with Gasteiger partial charge in [-0.15, -0.1) is 0 Å². The molecule has 1 atom stereocenters. The molecule has 4 rings (SSSR count). The van der Waals surface area contributed by atoms with Gasteiger partial charge < -0.3 is 19.2 Å². The van der Waals surface area contributed by atoms with E-state index in [9.17, 15) is 9.18 Å². The molecule has 168 valence electrons. The number of nitrogens with zero attached hydrogens (tertiary/aromatic N) is 1. The first-order valence-electron chi connectivity index (χ1n) is 10.8. The Balaban J connectivity index is 1.37. The number of hydrogen-bond acceptors (Lipinski definition) is 5. The molecule has 1 fully saturated rings. The molecular formula is C25H27FN2O4. The second kappa shape index (κ2) is 10.3. The first-order valence-corrected chi connectivity index (χ1v) is 10.8. The minimum atomic E-state index is -0.324. The second-order valence-corrected chi connectivity index (χ2v) is 7.75. The van der Waals surface area contributed by atoms with Crippen molar-refractivity contribution in [2.45, 2.75) is 25.5 Å². The van der Waals surface area contributed by atoms with Crippen LogP contribution in [-0.4, -0.2) is 37.6 Å². The van der Waals surface area contributed by atoms with Crippen molar-refractivity contribution in [3.05, 3.63) is 83.6 Å². The van der Waals surface area contributed by atoms with Gasteiger partial charge in [-0.2, -0.15) is 0 Å². The van der Waals surface area contributed by atoms with Crippen molar-refractivity contribution in [3.8, 4) is 11.5 Å². The van der Waals surface area contributed by atoms with Crippen LogP contribution >= 0.6 is 0 Å². The minimum absolute atomic E-state index is 0.0628. The fourth-order valence-corrected chi connectivity index (χ4v) is 3.90. The van der Waals surface area contributed by atoms with Gasteiger partial charge in [-0.3, -0.25) is 9.69 Å². The molecule has 32 heavy (non-hydrogen) atoms. The number of amides is 1. The number of benzene rings is 2. The fourth-order valence-electron chi connectivity index (χ4n) is 3.90. The summed E-state index contributed by atoms with van der Waals surface area (Å²) < 4.78 is 29.6. The van der Waals surface area contributed by atoms with Crippen LogP contribution in [0.2, 0.25) is 0 Å². The van der Waals surface area contributed by atoms with E-state index in [1.54, 1.807) is 31.4 Å². The molecule has 1 aromatic heterocycles. The van der Waals surface area contributed by atoms with E-state index in [-0.39, 0.29) is 30.1 Å². The third-order valence-electron chi connectivity index (χ3n) is 5.60. The molecule has 6 nitrogen and oxygen atoms in total. The summed E-state index contributed by atoms with van der Waals surface area (Å²) in [5.41, 5.74) is 1.11. The molecule has 0 aliphatic carbocycles. The van der Waals surface area contributed by atoms with Crippen molar-refractivity contribution in [1.29, 1.82) is 0 Å². The Labute approximate surface area is 186 Å². The molecule has 0 radical (unpaired) electrons. The van der Waals surface area contributed by atoms with E-state index in [0.717, 1.165) is 37.2 Å². The van der Waals surface area contributed by atoms with Gasteiger partial charge in [0.15, 0.2) is 5.76 Å². The number of ether oxygens (including phenoxy) is 2. The van der Waals surface area contributed by atoms with Gasteiger partial charge in [0.05, 0.1) is 13.2 Å². The quantitative estimate of drug-likeness (QED) is 0.530. The van der Waals surface area contributed by atoms with E-state index >= 15 is 0 Å². The van der Waals surface area contributed by atoms with Crippen molar-refractivity contribution < 1.29 is 23.1 Å². The molecule has 2 aromatic carbocycles. The number of likely N-dealkylation sites (tertiary alicyclic amines) is 1. The van der Waals surface area contributed by atoms with E-state index in [1.807, 2.05) is 18.2 Å². The minimum Gasteiger partial charge on any atom is -0.497 e.